The van der Waals surface area contributed by atoms with Crippen LogP contribution in [0.2, 0.25) is 0 Å². The lowest BCUT2D eigenvalue weighted by atomic mass is 10.2. The van der Waals surface area contributed by atoms with Crippen LogP contribution in [0.15, 0.2) is 53.4 Å². The third-order valence-corrected chi connectivity index (χ3v) is 5.57. The Kier molecular flexibility index (Phi) is 4.44. The van der Waals surface area contributed by atoms with Crippen LogP contribution in [0.1, 0.15) is 24.6 Å². The summed E-state index contributed by atoms with van der Waals surface area (Å²) in [5, 5.41) is 8.53. The fraction of sp³-hybridized carbons (Fsp3) is 0.316. The monoisotopic (exact) mass is 352 g/mol. The van der Waals surface area contributed by atoms with E-state index in [1.165, 1.54) is 10.5 Å². The summed E-state index contributed by atoms with van der Waals surface area (Å²) >= 11 is 1.78. The first-order valence-electron chi connectivity index (χ1n) is 8.51. The molecule has 0 bridgehead atoms. The molecule has 4 rings (SSSR count). The standard InChI is InChI=1S/C19H20N4OS/c1-14-6-8-15(9-7-14)25-13-12-22-18(10-11-19(22)24)23-17-5-3-2-4-16(17)20-21-23/h2-9,18H,10-13H2,1H3. The normalized spacial score (nSPS) is 17.6. The molecule has 6 heteroatoms. The Hall–Kier alpha value is -2.34. The van der Waals surface area contributed by atoms with Gasteiger partial charge in [-0.15, -0.1) is 16.9 Å². The quantitative estimate of drug-likeness (QED) is 0.658. The molecule has 0 saturated carbocycles. The molecule has 5 nitrogen and oxygen atoms in total. The lowest BCUT2D eigenvalue weighted by Gasteiger charge is -2.25. The van der Waals surface area contributed by atoms with Gasteiger partial charge in [0.1, 0.15) is 11.7 Å². The van der Waals surface area contributed by atoms with Gasteiger partial charge in [-0.05, 0) is 37.6 Å². The molecular formula is C19H20N4OS. The SMILES string of the molecule is Cc1ccc(SCCN2C(=O)CCC2n2nnc3ccccc32)cc1. The third kappa shape index (κ3) is 3.26. The Morgan fingerprint density at radius 2 is 1.96 bits per heavy atom. The van der Waals surface area contributed by atoms with Gasteiger partial charge in [-0.2, -0.15) is 0 Å². The van der Waals surface area contributed by atoms with Crippen molar-refractivity contribution < 1.29 is 4.79 Å². The molecule has 0 radical (unpaired) electrons. The van der Waals surface area contributed by atoms with Crippen molar-refractivity contribution >= 4 is 28.7 Å². The van der Waals surface area contributed by atoms with Gasteiger partial charge < -0.3 is 4.90 Å². The van der Waals surface area contributed by atoms with Gasteiger partial charge in [-0.1, -0.05) is 35.0 Å². The molecule has 1 aromatic heterocycles. The lowest BCUT2D eigenvalue weighted by molar-refractivity contribution is -0.129. The molecule has 1 atom stereocenters. The van der Waals surface area contributed by atoms with E-state index >= 15 is 0 Å². The molecule has 2 aromatic carbocycles. The second kappa shape index (κ2) is 6.88. The van der Waals surface area contributed by atoms with Gasteiger partial charge in [0.15, 0.2) is 0 Å². The third-order valence-electron chi connectivity index (χ3n) is 4.58. The van der Waals surface area contributed by atoms with E-state index in [9.17, 15) is 4.79 Å². The van der Waals surface area contributed by atoms with Crippen molar-refractivity contribution in [2.24, 2.45) is 0 Å². The Labute approximate surface area is 151 Å². The van der Waals surface area contributed by atoms with E-state index in [1.807, 2.05) is 33.8 Å². The topological polar surface area (TPSA) is 51.0 Å². The van der Waals surface area contributed by atoms with Crippen molar-refractivity contribution in [3.63, 3.8) is 0 Å². The van der Waals surface area contributed by atoms with E-state index in [4.69, 9.17) is 0 Å². The number of likely N-dealkylation sites (tertiary alicyclic amines) is 1. The minimum Gasteiger partial charge on any atom is -0.319 e. The maximum absolute atomic E-state index is 12.4. The predicted octanol–water partition coefficient (Wildman–Crippen LogP) is 3.65. The van der Waals surface area contributed by atoms with Crippen molar-refractivity contribution in [1.29, 1.82) is 0 Å². The number of hydrogen-bond donors (Lipinski definition) is 0. The molecule has 2 heterocycles. The van der Waals surface area contributed by atoms with E-state index in [-0.39, 0.29) is 12.1 Å². The molecule has 1 amide bonds. The van der Waals surface area contributed by atoms with Crippen molar-refractivity contribution in [1.82, 2.24) is 19.9 Å². The number of rotatable bonds is 5. The Bertz CT molecular complexity index is 890. The highest BCUT2D eigenvalue weighted by atomic mass is 32.2. The number of thioether (sulfide) groups is 1. The first-order valence-corrected chi connectivity index (χ1v) is 9.50. The average Bonchev–Trinajstić information content (AvgIpc) is 3.20. The summed E-state index contributed by atoms with van der Waals surface area (Å²) in [6.07, 6.45) is 1.34. The smallest absolute Gasteiger partial charge is 0.224 e. The molecule has 25 heavy (non-hydrogen) atoms. The molecule has 0 N–H and O–H groups in total. The van der Waals surface area contributed by atoms with Crippen LogP contribution in [0.5, 0.6) is 0 Å². The first-order chi connectivity index (χ1) is 12.2. The number of para-hydroxylation sites is 1. The van der Waals surface area contributed by atoms with E-state index < -0.39 is 0 Å². The summed E-state index contributed by atoms with van der Waals surface area (Å²) in [6.45, 7) is 2.81. The van der Waals surface area contributed by atoms with Crippen molar-refractivity contribution in [2.45, 2.75) is 30.8 Å². The fourth-order valence-corrected chi connectivity index (χ4v) is 4.10. The molecule has 1 aliphatic heterocycles. The molecule has 1 fully saturated rings. The lowest BCUT2D eigenvalue weighted by Crippen LogP contribution is -2.33. The molecule has 128 valence electrons. The number of hydrogen-bond acceptors (Lipinski definition) is 4. The molecular weight excluding hydrogens is 332 g/mol. The number of nitrogens with zero attached hydrogens (tertiary/aromatic N) is 4. The largest absolute Gasteiger partial charge is 0.319 e. The zero-order valence-electron chi connectivity index (χ0n) is 14.1. The Balaban J connectivity index is 1.47. The fourth-order valence-electron chi connectivity index (χ4n) is 3.25. The Morgan fingerprint density at radius 3 is 2.80 bits per heavy atom. The summed E-state index contributed by atoms with van der Waals surface area (Å²) in [4.78, 5) is 15.5. The van der Waals surface area contributed by atoms with Gasteiger partial charge >= 0.3 is 0 Å². The number of benzene rings is 2. The average molecular weight is 352 g/mol. The van der Waals surface area contributed by atoms with Crippen molar-refractivity contribution in [2.75, 3.05) is 12.3 Å². The summed E-state index contributed by atoms with van der Waals surface area (Å²) in [5.41, 5.74) is 3.12. The molecule has 1 saturated heterocycles. The van der Waals surface area contributed by atoms with Crippen LogP contribution in [0, 0.1) is 6.92 Å². The predicted molar refractivity (Wildman–Crippen MR) is 99.4 cm³/mol. The van der Waals surface area contributed by atoms with Gasteiger partial charge in [0.25, 0.3) is 0 Å². The summed E-state index contributed by atoms with van der Waals surface area (Å²) < 4.78 is 1.90. The molecule has 0 aliphatic carbocycles. The highest BCUT2D eigenvalue weighted by Gasteiger charge is 2.33. The molecule has 3 aromatic rings. The number of fused-ring (bicyclic) bond motifs is 1. The van der Waals surface area contributed by atoms with E-state index in [1.54, 1.807) is 11.8 Å². The van der Waals surface area contributed by atoms with E-state index in [2.05, 4.69) is 41.5 Å². The van der Waals surface area contributed by atoms with Gasteiger partial charge in [0.05, 0.1) is 5.52 Å². The number of aryl methyl sites for hydroxylation is 1. The van der Waals surface area contributed by atoms with Crippen molar-refractivity contribution in [3.8, 4) is 0 Å². The van der Waals surface area contributed by atoms with Gasteiger partial charge in [0, 0.05) is 23.6 Å². The highest BCUT2D eigenvalue weighted by Crippen LogP contribution is 2.30. The maximum atomic E-state index is 12.4. The second-order valence-corrected chi connectivity index (χ2v) is 7.46. The Morgan fingerprint density at radius 1 is 1.16 bits per heavy atom. The van der Waals surface area contributed by atoms with Gasteiger partial charge in [0.2, 0.25) is 5.91 Å². The molecule has 1 unspecified atom stereocenters. The molecule has 0 spiro atoms. The molecule has 1 aliphatic rings. The summed E-state index contributed by atoms with van der Waals surface area (Å²) in [6, 6.07) is 16.4. The van der Waals surface area contributed by atoms with Crippen LogP contribution in [0.4, 0.5) is 0 Å². The first kappa shape index (κ1) is 16.1. The minimum absolute atomic E-state index is 0.0292. The number of carbonyl (C=O) groups excluding carboxylic acids is 1. The zero-order chi connectivity index (χ0) is 17.2. The van der Waals surface area contributed by atoms with E-state index in [0.29, 0.717) is 6.42 Å². The zero-order valence-corrected chi connectivity index (χ0v) is 14.9. The van der Waals surface area contributed by atoms with Crippen LogP contribution < -0.4 is 0 Å². The minimum atomic E-state index is -0.0292. The van der Waals surface area contributed by atoms with Crippen LogP contribution in [0.25, 0.3) is 11.0 Å². The van der Waals surface area contributed by atoms with Crippen LogP contribution in [-0.2, 0) is 4.79 Å². The van der Waals surface area contributed by atoms with Gasteiger partial charge in [-0.25, -0.2) is 4.68 Å². The highest BCUT2D eigenvalue weighted by molar-refractivity contribution is 7.99. The number of aromatic nitrogens is 3. The van der Waals surface area contributed by atoms with Crippen LogP contribution in [-0.4, -0.2) is 38.1 Å². The van der Waals surface area contributed by atoms with Crippen LogP contribution >= 0.6 is 11.8 Å². The number of carbonyl (C=O) groups is 1. The van der Waals surface area contributed by atoms with Gasteiger partial charge in [-0.3, -0.25) is 4.79 Å². The van der Waals surface area contributed by atoms with Crippen molar-refractivity contribution in [3.05, 3.63) is 54.1 Å². The maximum Gasteiger partial charge on any atom is 0.224 e. The van der Waals surface area contributed by atoms with Crippen LogP contribution in [0.3, 0.4) is 0 Å². The second-order valence-electron chi connectivity index (χ2n) is 6.29. The van der Waals surface area contributed by atoms with E-state index in [0.717, 1.165) is 29.8 Å². The number of amides is 1. The summed E-state index contributed by atoms with van der Waals surface area (Å²) in [7, 11) is 0. The summed E-state index contributed by atoms with van der Waals surface area (Å²) in [5.74, 6) is 1.08.